The Labute approximate surface area is 187 Å². The lowest BCUT2D eigenvalue weighted by Crippen LogP contribution is -2.43. The lowest BCUT2D eigenvalue weighted by molar-refractivity contribution is -0.314. The number of carboxylic acids is 2. The van der Waals surface area contributed by atoms with E-state index >= 15 is 0 Å². The number of rotatable bonds is 4. The first-order valence-corrected chi connectivity index (χ1v) is 10.7. The van der Waals surface area contributed by atoms with Crippen molar-refractivity contribution >= 4 is 34.5 Å². The summed E-state index contributed by atoms with van der Waals surface area (Å²) < 4.78 is 20.8. The number of piperazine rings is 1. The zero-order valence-corrected chi connectivity index (χ0v) is 17.7. The Kier molecular flexibility index (Phi) is 6.32. The van der Waals surface area contributed by atoms with Gasteiger partial charge in [-0.25, -0.2) is 9.18 Å². The first kappa shape index (κ1) is 22.7. The van der Waals surface area contributed by atoms with Crippen molar-refractivity contribution in [3.8, 4) is 0 Å². The monoisotopic (exact) mass is 460 g/mol. The molecule has 33 heavy (non-hydrogen) atoms. The summed E-state index contributed by atoms with van der Waals surface area (Å²) in [6, 6.07) is 3.08. The van der Waals surface area contributed by atoms with Gasteiger partial charge >= 0.3 is 11.9 Å². The smallest absolute Gasteiger partial charge is 0.341 e. The Morgan fingerprint density at radius 2 is 1.85 bits per heavy atom. The first-order valence-electron chi connectivity index (χ1n) is 10.7. The Morgan fingerprint density at radius 3 is 2.36 bits per heavy atom. The Balaban J connectivity index is 0.000000243. The summed E-state index contributed by atoms with van der Waals surface area (Å²) in [6.45, 7) is 2.96. The number of cyclic esters (lactones) is 1. The number of fused-ring (bicyclic) bond motifs is 1. The second-order valence-corrected chi connectivity index (χ2v) is 8.21. The standard InChI is InChI=1S/C17H18FN3O3.C5H6O4/c18-13-7-11-14(8-15(13)20-5-3-19-4-6-20)21(10-1-2-10)9-12(16(11)22)17(23)24;6-4-2-1-3(9-4)5(7)8/h7-10,19H,1-6H2,(H,23,24);3H,1-2H2,(H,7,8)/p-1/t;3-/m.0/s1. The Bertz CT molecular complexity index is 1170. The number of hydrogen-bond donors (Lipinski definition) is 2. The normalized spacial score (nSPS) is 20.2. The predicted octanol–water partition coefficient (Wildman–Crippen LogP) is 0.0252. The number of carbonyl (C=O) groups excluding carboxylic acids is 2. The molecule has 5 rings (SSSR count). The summed E-state index contributed by atoms with van der Waals surface area (Å²) in [7, 11) is 0. The fourth-order valence-electron chi connectivity index (χ4n) is 4.01. The predicted molar refractivity (Wildman–Crippen MR) is 113 cm³/mol. The van der Waals surface area contributed by atoms with E-state index in [2.05, 4.69) is 10.1 Å². The fourth-order valence-corrected chi connectivity index (χ4v) is 4.01. The van der Waals surface area contributed by atoms with Crippen LogP contribution in [-0.4, -0.2) is 59.9 Å². The molecular weight excluding hydrogens is 437 g/mol. The number of esters is 1. The molecule has 2 aliphatic heterocycles. The zero-order chi connectivity index (χ0) is 23.7. The molecule has 2 saturated heterocycles. The third-order valence-corrected chi connectivity index (χ3v) is 5.88. The van der Waals surface area contributed by atoms with Gasteiger partial charge in [-0.05, 0) is 25.0 Å². The number of aliphatic carboxylic acids is 1. The Morgan fingerprint density at radius 1 is 1.15 bits per heavy atom. The fraction of sp³-hybridized carbons (Fsp3) is 0.455. The number of nitrogens with zero attached hydrogens (tertiary/aromatic N) is 2. The molecule has 10 nitrogen and oxygen atoms in total. The van der Waals surface area contributed by atoms with Crippen molar-refractivity contribution in [1.29, 1.82) is 0 Å². The van der Waals surface area contributed by atoms with Gasteiger partial charge in [-0.2, -0.15) is 0 Å². The molecule has 2 N–H and O–H groups in total. The maximum Gasteiger partial charge on any atom is 0.341 e. The van der Waals surface area contributed by atoms with Crippen molar-refractivity contribution in [2.75, 3.05) is 31.1 Å². The largest absolute Gasteiger partial charge is 0.546 e. The van der Waals surface area contributed by atoms with Gasteiger partial charge in [-0.15, -0.1) is 0 Å². The molecule has 0 amide bonds. The van der Waals surface area contributed by atoms with Crippen molar-refractivity contribution < 1.29 is 33.7 Å². The van der Waals surface area contributed by atoms with Crippen LogP contribution < -0.4 is 20.8 Å². The lowest BCUT2D eigenvalue weighted by Gasteiger charge is -2.30. The molecule has 2 aromatic rings. The van der Waals surface area contributed by atoms with Gasteiger partial charge in [0.2, 0.25) is 5.43 Å². The molecule has 3 fully saturated rings. The highest BCUT2D eigenvalue weighted by atomic mass is 19.1. The molecule has 0 radical (unpaired) electrons. The average molecular weight is 460 g/mol. The molecule has 3 aliphatic rings. The van der Waals surface area contributed by atoms with E-state index < -0.39 is 35.3 Å². The highest BCUT2D eigenvalue weighted by Crippen LogP contribution is 2.38. The second-order valence-electron chi connectivity index (χ2n) is 8.21. The minimum Gasteiger partial charge on any atom is -0.546 e. The van der Waals surface area contributed by atoms with Crippen LogP contribution in [0.1, 0.15) is 42.1 Å². The lowest BCUT2D eigenvalue weighted by atomic mass is 10.1. The van der Waals surface area contributed by atoms with Crippen molar-refractivity contribution in [1.82, 2.24) is 9.88 Å². The topological polar surface area (TPSA) is 141 Å². The van der Waals surface area contributed by atoms with E-state index in [1.165, 1.54) is 12.3 Å². The van der Waals surface area contributed by atoms with Crippen LogP contribution in [0.25, 0.3) is 10.9 Å². The van der Waals surface area contributed by atoms with Gasteiger partial charge in [-0.3, -0.25) is 9.59 Å². The van der Waals surface area contributed by atoms with Gasteiger partial charge < -0.3 is 34.5 Å². The van der Waals surface area contributed by atoms with Gasteiger partial charge in [-0.1, -0.05) is 0 Å². The molecule has 176 valence electrons. The van der Waals surface area contributed by atoms with Crippen LogP contribution in [0.3, 0.4) is 0 Å². The number of aromatic carboxylic acids is 1. The van der Waals surface area contributed by atoms with Crippen molar-refractivity contribution in [3.05, 3.63) is 39.9 Å². The van der Waals surface area contributed by atoms with Crippen LogP contribution in [0.15, 0.2) is 23.1 Å². The number of carbonyl (C=O) groups is 3. The first-order chi connectivity index (χ1) is 15.8. The van der Waals surface area contributed by atoms with Crippen molar-refractivity contribution in [2.24, 2.45) is 0 Å². The van der Waals surface area contributed by atoms with Gasteiger partial charge in [0, 0.05) is 56.6 Å². The van der Waals surface area contributed by atoms with E-state index in [1.807, 2.05) is 9.47 Å². The summed E-state index contributed by atoms with van der Waals surface area (Å²) in [5.41, 5.74) is 0.159. The number of aromatic nitrogens is 1. The second kappa shape index (κ2) is 9.18. The van der Waals surface area contributed by atoms with Gasteiger partial charge in [0.1, 0.15) is 17.5 Å². The average Bonchev–Trinajstić information content (AvgIpc) is 3.54. The summed E-state index contributed by atoms with van der Waals surface area (Å²) in [4.78, 5) is 45.9. The van der Waals surface area contributed by atoms with Gasteiger partial charge in [0.15, 0.2) is 0 Å². The molecule has 11 heteroatoms. The molecule has 1 aromatic heterocycles. The number of benzene rings is 1. The summed E-state index contributed by atoms with van der Waals surface area (Å²) in [6.07, 6.45) is 2.73. The number of anilines is 1. The van der Waals surface area contributed by atoms with Crippen LogP contribution >= 0.6 is 0 Å². The third-order valence-electron chi connectivity index (χ3n) is 5.88. The molecule has 1 atom stereocenters. The third kappa shape index (κ3) is 4.82. The SMILES string of the molecule is O=C(O)c1cn(C2CC2)c2cc(N3CCNCC3)c(F)cc2c1=O.O=C1CC[C@@H](C(=O)[O-])O1. The van der Waals surface area contributed by atoms with E-state index in [1.54, 1.807) is 6.07 Å². The molecule has 0 bridgehead atoms. The van der Waals surface area contributed by atoms with E-state index in [-0.39, 0.29) is 29.8 Å². The number of hydrogen-bond acceptors (Lipinski definition) is 8. The highest BCUT2D eigenvalue weighted by molar-refractivity contribution is 5.93. The van der Waals surface area contributed by atoms with Gasteiger partial charge in [0.25, 0.3) is 0 Å². The Hall–Kier alpha value is -3.47. The van der Waals surface area contributed by atoms with Crippen LogP contribution in [0, 0.1) is 5.82 Å². The maximum absolute atomic E-state index is 14.6. The van der Waals surface area contributed by atoms with Crippen molar-refractivity contribution in [3.63, 3.8) is 0 Å². The molecule has 1 saturated carbocycles. The minimum absolute atomic E-state index is 0.137. The molecule has 0 spiro atoms. The van der Waals surface area contributed by atoms with Crippen LogP contribution in [0.5, 0.6) is 0 Å². The molecule has 0 unspecified atom stereocenters. The number of carboxylic acid groups (broad SMARTS) is 2. The molecular formula is C22H23FN3O7-. The number of pyridine rings is 1. The number of ether oxygens (including phenoxy) is 1. The van der Waals surface area contributed by atoms with Crippen molar-refractivity contribution in [2.45, 2.75) is 37.8 Å². The van der Waals surface area contributed by atoms with Crippen LogP contribution in [0.2, 0.25) is 0 Å². The number of nitrogens with one attached hydrogen (secondary N) is 1. The zero-order valence-electron chi connectivity index (χ0n) is 17.7. The summed E-state index contributed by atoms with van der Waals surface area (Å²) in [5, 5.41) is 22.6. The summed E-state index contributed by atoms with van der Waals surface area (Å²) in [5.74, 6) is -3.51. The number of halogens is 1. The van der Waals surface area contributed by atoms with Crippen LogP contribution in [0.4, 0.5) is 10.1 Å². The van der Waals surface area contributed by atoms with Gasteiger partial charge in [0.05, 0.1) is 17.2 Å². The van der Waals surface area contributed by atoms with E-state index in [0.717, 1.165) is 25.9 Å². The molecule has 1 aliphatic carbocycles. The van der Waals surface area contributed by atoms with E-state index in [9.17, 15) is 33.8 Å². The summed E-state index contributed by atoms with van der Waals surface area (Å²) >= 11 is 0. The molecule has 1 aromatic carbocycles. The molecule has 3 heterocycles. The maximum atomic E-state index is 14.6. The minimum atomic E-state index is -1.30. The van der Waals surface area contributed by atoms with Crippen LogP contribution in [-0.2, 0) is 14.3 Å². The van der Waals surface area contributed by atoms with E-state index in [4.69, 9.17) is 0 Å². The quantitative estimate of drug-likeness (QED) is 0.604. The highest BCUT2D eigenvalue weighted by Gasteiger charge is 2.28. The van der Waals surface area contributed by atoms with E-state index in [0.29, 0.717) is 24.3 Å².